The number of aryl methyl sites for hydroxylation is 1. The van der Waals surface area contributed by atoms with E-state index in [1.807, 2.05) is 12.4 Å². The zero-order chi connectivity index (χ0) is 21.2. The number of rotatable bonds is 3. The molecule has 0 saturated heterocycles. The van der Waals surface area contributed by atoms with Crippen molar-refractivity contribution in [1.82, 2.24) is 9.78 Å². The molecule has 0 N–H and O–H groups in total. The fraction of sp³-hybridized carbons (Fsp3) is 0.222. The summed E-state index contributed by atoms with van der Waals surface area (Å²) in [5.74, 6) is 1.05. The van der Waals surface area contributed by atoms with Crippen molar-refractivity contribution in [3.05, 3.63) is 75.2 Å². The third-order valence-electron chi connectivity index (χ3n) is 4.37. The van der Waals surface area contributed by atoms with Gasteiger partial charge in [0.1, 0.15) is 0 Å². The van der Waals surface area contributed by atoms with Gasteiger partial charge in [0.15, 0.2) is 5.69 Å². The summed E-state index contributed by atoms with van der Waals surface area (Å²) in [7, 11) is -6.00. The van der Waals surface area contributed by atoms with E-state index in [-0.39, 0.29) is 0 Å². The Balaban J connectivity index is 0.000000431. The monoisotopic (exact) mass is 465 g/mol. The summed E-state index contributed by atoms with van der Waals surface area (Å²) in [6.07, 6.45) is 5.02. The lowest BCUT2D eigenvalue weighted by Gasteiger charge is -2.08. The Morgan fingerprint density at radius 2 is 1.62 bits per heavy atom. The predicted molar refractivity (Wildman–Crippen MR) is 106 cm³/mol. The second-order valence-electron chi connectivity index (χ2n) is 6.48. The van der Waals surface area contributed by atoms with E-state index in [2.05, 4.69) is 33.9 Å². The smallest absolute Gasteiger partial charge is 0.418 e. The summed E-state index contributed by atoms with van der Waals surface area (Å²) in [6, 6.07) is 14.3. The third-order valence-corrected chi connectivity index (χ3v) is 5.17. The first kappa shape index (κ1) is 21.9. The van der Waals surface area contributed by atoms with Gasteiger partial charge in [-0.1, -0.05) is 69.8 Å². The molecule has 1 aliphatic heterocycles. The molecule has 2 heterocycles. The summed E-state index contributed by atoms with van der Waals surface area (Å²) in [5.41, 5.74) is 2.00. The zero-order valence-electron chi connectivity index (χ0n) is 14.9. The molecule has 0 saturated carbocycles. The van der Waals surface area contributed by atoms with E-state index in [0.717, 1.165) is 25.1 Å². The average molecular weight is 467 g/mol. The average Bonchev–Trinajstić information content (AvgIpc) is 3.15. The van der Waals surface area contributed by atoms with Gasteiger partial charge in [-0.2, -0.15) is 0 Å². The molecule has 1 unspecified atom stereocenters. The van der Waals surface area contributed by atoms with Gasteiger partial charge >= 0.3 is 7.25 Å². The van der Waals surface area contributed by atoms with E-state index >= 15 is 0 Å². The van der Waals surface area contributed by atoms with Crippen molar-refractivity contribution in [3.63, 3.8) is 0 Å². The van der Waals surface area contributed by atoms with Gasteiger partial charge in [-0.3, -0.25) is 0 Å². The van der Waals surface area contributed by atoms with Crippen LogP contribution < -0.4 is 4.57 Å². The highest BCUT2D eigenvalue weighted by Gasteiger charge is 2.32. The molecular formula is C18H15BCl3F4N3. The van der Waals surface area contributed by atoms with E-state index in [4.69, 9.17) is 34.8 Å². The molecule has 1 aromatic heterocycles. The Morgan fingerprint density at radius 1 is 1.03 bits per heavy atom. The van der Waals surface area contributed by atoms with E-state index in [1.165, 1.54) is 5.56 Å². The normalized spacial score (nSPS) is 15.6. The maximum absolute atomic E-state index is 9.75. The zero-order valence-corrected chi connectivity index (χ0v) is 17.2. The van der Waals surface area contributed by atoms with Gasteiger partial charge in [-0.15, -0.1) is 0 Å². The first-order valence-electron chi connectivity index (χ1n) is 8.67. The summed E-state index contributed by atoms with van der Waals surface area (Å²) >= 11 is 18.6. The lowest BCUT2D eigenvalue weighted by atomic mass is 10.0. The SMILES string of the molecule is Clc1cc(Cl)c(-n2c[n+]3c(n2)CCC3Cc2ccccc2)c(Cl)c1.F[B-](F)(F)F. The Labute approximate surface area is 179 Å². The maximum atomic E-state index is 9.75. The van der Waals surface area contributed by atoms with Crippen molar-refractivity contribution in [1.29, 1.82) is 0 Å². The van der Waals surface area contributed by atoms with Crippen molar-refractivity contribution in [2.24, 2.45) is 0 Å². The van der Waals surface area contributed by atoms with Crippen LogP contribution >= 0.6 is 34.8 Å². The number of nitrogens with zero attached hydrogens (tertiary/aromatic N) is 3. The van der Waals surface area contributed by atoms with Crippen molar-refractivity contribution in [2.75, 3.05) is 0 Å². The van der Waals surface area contributed by atoms with Crippen LogP contribution in [0.25, 0.3) is 5.69 Å². The van der Waals surface area contributed by atoms with Gasteiger partial charge in [0.25, 0.3) is 5.82 Å². The van der Waals surface area contributed by atoms with Crippen LogP contribution in [0.4, 0.5) is 17.3 Å². The van der Waals surface area contributed by atoms with Crippen molar-refractivity contribution < 1.29 is 21.8 Å². The third kappa shape index (κ3) is 5.87. The van der Waals surface area contributed by atoms with Crippen LogP contribution in [0.1, 0.15) is 23.9 Å². The molecule has 0 bridgehead atoms. The highest BCUT2D eigenvalue weighted by molar-refractivity contribution is 6.50. The first-order valence-corrected chi connectivity index (χ1v) is 9.81. The van der Waals surface area contributed by atoms with Gasteiger partial charge in [-0.25, -0.2) is 4.57 Å². The summed E-state index contributed by atoms with van der Waals surface area (Å²) in [6.45, 7) is 0. The predicted octanol–water partition coefficient (Wildman–Crippen LogP) is 6.15. The Morgan fingerprint density at radius 3 is 2.21 bits per heavy atom. The van der Waals surface area contributed by atoms with Crippen LogP contribution in [0.2, 0.25) is 15.1 Å². The van der Waals surface area contributed by atoms with Crippen LogP contribution in [0, 0.1) is 0 Å². The molecule has 29 heavy (non-hydrogen) atoms. The molecule has 4 rings (SSSR count). The molecule has 1 atom stereocenters. The minimum atomic E-state index is -6.00. The maximum Gasteiger partial charge on any atom is 0.673 e. The number of aromatic nitrogens is 3. The second-order valence-corrected chi connectivity index (χ2v) is 7.73. The molecule has 0 amide bonds. The summed E-state index contributed by atoms with van der Waals surface area (Å²) in [4.78, 5) is 0. The quantitative estimate of drug-likeness (QED) is 0.258. The fourth-order valence-electron chi connectivity index (χ4n) is 3.25. The molecule has 0 fully saturated rings. The standard InChI is InChI=1S/C18H15Cl3N3.BF4/c19-13-9-15(20)18(16(21)10-13)24-11-23-14(6-7-17(23)22-24)8-12-4-2-1-3-5-12;2-1(3,4)5/h1-5,9-11,14H,6-8H2;/q+1;-1. The second kappa shape index (κ2) is 8.94. The first-order chi connectivity index (χ1) is 13.6. The molecule has 0 radical (unpaired) electrons. The molecule has 3 aromatic rings. The summed E-state index contributed by atoms with van der Waals surface area (Å²) in [5, 5.41) is 6.18. The Hall–Kier alpha value is -1.77. The van der Waals surface area contributed by atoms with Crippen LogP contribution in [0.3, 0.4) is 0 Å². The van der Waals surface area contributed by atoms with Gasteiger partial charge in [0.2, 0.25) is 6.33 Å². The van der Waals surface area contributed by atoms with Crippen molar-refractivity contribution >= 4 is 42.1 Å². The van der Waals surface area contributed by atoms with Crippen molar-refractivity contribution in [2.45, 2.75) is 25.3 Å². The highest BCUT2D eigenvalue weighted by Crippen LogP contribution is 2.32. The number of benzene rings is 2. The van der Waals surface area contributed by atoms with Crippen LogP contribution in [0.5, 0.6) is 0 Å². The van der Waals surface area contributed by atoms with Gasteiger partial charge in [0.05, 0.1) is 16.1 Å². The summed E-state index contributed by atoms with van der Waals surface area (Å²) < 4.78 is 43.0. The molecule has 11 heteroatoms. The molecule has 1 aliphatic rings. The van der Waals surface area contributed by atoms with E-state index < -0.39 is 7.25 Å². The molecule has 3 nitrogen and oxygen atoms in total. The van der Waals surface area contributed by atoms with Gasteiger partial charge in [-0.05, 0) is 24.1 Å². The lowest BCUT2D eigenvalue weighted by Crippen LogP contribution is -2.37. The van der Waals surface area contributed by atoms with Crippen molar-refractivity contribution in [3.8, 4) is 5.69 Å². The van der Waals surface area contributed by atoms with E-state index in [0.29, 0.717) is 26.8 Å². The molecule has 2 aromatic carbocycles. The van der Waals surface area contributed by atoms with E-state index in [9.17, 15) is 17.3 Å². The largest absolute Gasteiger partial charge is 0.673 e. The molecule has 154 valence electrons. The number of hydrogen-bond acceptors (Lipinski definition) is 1. The lowest BCUT2D eigenvalue weighted by molar-refractivity contribution is -0.716. The van der Waals surface area contributed by atoms with Gasteiger partial charge < -0.3 is 17.3 Å². The Bertz CT molecular complexity index is 967. The molecular weight excluding hydrogens is 451 g/mol. The van der Waals surface area contributed by atoms with Crippen LogP contribution in [-0.2, 0) is 12.8 Å². The molecule has 0 aliphatic carbocycles. The van der Waals surface area contributed by atoms with Crippen LogP contribution in [0.15, 0.2) is 48.8 Å². The number of halogens is 7. The minimum absolute atomic E-state index is 0.404. The highest BCUT2D eigenvalue weighted by atomic mass is 35.5. The molecule has 0 spiro atoms. The van der Waals surface area contributed by atoms with Crippen LogP contribution in [-0.4, -0.2) is 17.0 Å². The number of hydrogen-bond donors (Lipinski definition) is 0. The minimum Gasteiger partial charge on any atom is -0.418 e. The van der Waals surface area contributed by atoms with Gasteiger partial charge in [0, 0.05) is 23.0 Å². The topological polar surface area (TPSA) is 21.7 Å². The van der Waals surface area contributed by atoms with E-state index in [1.54, 1.807) is 16.8 Å². The fourth-order valence-corrected chi connectivity index (χ4v) is 4.24. The number of fused-ring (bicyclic) bond motifs is 1. The Kier molecular flexibility index (Phi) is 6.76.